The third kappa shape index (κ3) is 2.08. The smallest absolute Gasteiger partial charge is 0.335 e. The fourth-order valence-electron chi connectivity index (χ4n) is 1.51. The maximum absolute atomic E-state index is 12.0. The Labute approximate surface area is 111 Å². The van der Waals surface area contributed by atoms with E-state index in [1.54, 1.807) is 19.2 Å². The molecular weight excluding hydrogens is 302 g/mol. The molecular formula is C11H10BrN3O3. The highest BCUT2D eigenvalue weighted by atomic mass is 79.9. The van der Waals surface area contributed by atoms with Crippen molar-refractivity contribution in [2.24, 2.45) is 7.05 Å². The van der Waals surface area contributed by atoms with Gasteiger partial charge >= 0.3 is 11.2 Å². The minimum atomic E-state index is -0.510. The normalized spacial score (nSPS) is 10.4. The number of aryl methyl sites for hydroxylation is 1. The van der Waals surface area contributed by atoms with Crippen molar-refractivity contribution in [1.82, 2.24) is 14.1 Å². The van der Waals surface area contributed by atoms with E-state index in [1.165, 1.54) is 24.1 Å². The molecule has 0 saturated heterocycles. The number of halogens is 1. The second-order valence-electron chi connectivity index (χ2n) is 3.57. The van der Waals surface area contributed by atoms with Crippen LogP contribution in [0.2, 0.25) is 0 Å². The molecule has 0 N–H and O–H groups in total. The molecule has 2 rings (SSSR count). The fourth-order valence-corrected chi connectivity index (χ4v) is 1.74. The van der Waals surface area contributed by atoms with Crippen LogP contribution in [-0.2, 0) is 7.05 Å². The van der Waals surface area contributed by atoms with Gasteiger partial charge in [0.1, 0.15) is 4.60 Å². The van der Waals surface area contributed by atoms with Gasteiger partial charge in [-0.2, -0.15) is 0 Å². The third-order valence-corrected chi connectivity index (χ3v) is 2.88. The molecule has 0 bridgehead atoms. The Kier molecular flexibility index (Phi) is 3.33. The van der Waals surface area contributed by atoms with E-state index < -0.39 is 11.2 Å². The minimum Gasteiger partial charge on any atom is -0.490 e. The topological polar surface area (TPSA) is 66.1 Å². The molecule has 2 aromatic heterocycles. The maximum Gasteiger partial charge on any atom is 0.335 e. The molecule has 0 saturated carbocycles. The van der Waals surface area contributed by atoms with Gasteiger partial charge < -0.3 is 4.74 Å². The van der Waals surface area contributed by atoms with Crippen LogP contribution in [-0.4, -0.2) is 21.2 Å². The number of rotatable bonds is 2. The molecule has 94 valence electrons. The van der Waals surface area contributed by atoms with Gasteiger partial charge in [0.05, 0.1) is 25.2 Å². The summed E-state index contributed by atoms with van der Waals surface area (Å²) in [5.41, 5.74) is -0.572. The van der Waals surface area contributed by atoms with E-state index in [1.807, 2.05) is 0 Å². The monoisotopic (exact) mass is 311 g/mol. The van der Waals surface area contributed by atoms with Crippen LogP contribution in [0.15, 0.2) is 38.7 Å². The molecule has 7 heteroatoms. The van der Waals surface area contributed by atoms with Crippen LogP contribution in [0.1, 0.15) is 0 Å². The van der Waals surface area contributed by atoms with Gasteiger partial charge in [-0.3, -0.25) is 9.36 Å². The van der Waals surface area contributed by atoms with Gasteiger partial charge in [0.15, 0.2) is 0 Å². The number of hydrogen-bond acceptors (Lipinski definition) is 4. The number of aromatic nitrogens is 3. The third-order valence-electron chi connectivity index (χ3n) is 2.41. The Balaban J connectivity index is 2.78. The zero-order valence-corrected chi connectivity index (χ0v) is 11.3. The highest BCUT2D eigenvalue weighted by Gasteiger charge is 2.11. The van der Waals surface area contributed by atoms with Crippen molar-refractivity contribution in [2.45, 2.75) is 0 Å². The second-order valence-corrected chi connectivity index (χ2v) is 4.38. The predicted molar refractivity (Wildman–Crippen MR) is 69.3 cm³/mol. The van der Waals surface area contributed by atoms with Crippen LogP contribution in [0.25, 0.3) is 5.69 Å². The van der Waals surface area contributed by atoms with Crippen LogP contribution in [0.3, 0.4) is 0 Å². The highest BCUT2D eigenvalue weighted by Crippen LogP contribution is 2.08. The zero-order chi connectivity index (χ0) is 13.3. The number of nitrogens with zero attached hydrogens (tertiary/aromatic N) is 3. The van der Waals surface area contributed by atoms with Crippen molar-refractivity contribution in [3.05, 3.63) is 50.0 Å². The Morgan fingerprint density at radius 2 is 2.06 bits per heavy atom. The van der Waals surface area contributed by atoms with Crippen LogP contribution in [0, 0.1) is 0 Å². The molecule has 18 heavy (non-hydrogen) atoms. The second kappa shape index (κ2) is 4.77. The summed E-state index contributed by atoms with van der Waals surface area (Å²) in [5, 5.41) is 0. The first-order chi connectivity index (χ1) is 8.54. The van der Waals surface area contributed by atoms with Crippen LogP contribution in [0.4, 0.5) is 0 Å². The van der Waals surface area contributed by atoms with E-state index in [9.17, 15) is 9.59 Å². The molecule has 0 fully saturated rings. The lowest BCUT2D eigenvalue weighted by Gasteiger charge is -2.09. The molecule has 0 unspecified atom stereocenters. The molecule has 0 atom stereocenters. The predicted octanol–water partition coefficient (Wildman–Crippen LogP) is 0.702. The van der Waals surface area contributed by atoms with E-state index in [4.69, 9.17) is 4.74 Å². The van der Waals surface area contributed by atoms with Crippen molar-refractivity contribution >= 4 is 15.9 Å². The van der Waals surface area contributed by atoms with Crippen molar-refractivity contribution in [2.75, 3.05) is 7.11 Å². The number of pyridine rings is 1. The summed E-state index contributed by atoms with van der Waals surface area (Å²) in [6.45, 7) is 0. The van der Waals surface area contributed by atoms with Crippen molar-refractivity contribution in [3.63, 3.8) is 0 Å². The van der Waals surface area contributed by atoms with E-state index >= 15 is 0 Å². The molecule has 2 aromatic rings. The van der Waals surface area contributed by atoms with Gasteiger partial charge in [0, 0.05) is 7.05 Å². The van der Waals surface area contributed by atoms with Crippen molar-refractivity contribution in [1.29, 1.82) is 0 Å². The van der Waals surface area contributed by atoms with Gasteiger partial charge in [-0.25, -0.2) is 14.3 Å². The lowest BCUT2D eigenvalue weighted by atomic mass is 10.4. The Hall–Kier alpha value is -1.89. The molecule has 0 aromatic carbocycles. The average Bonchev–Trinajstić information content (AvgIpc) is 2.36. The number of methoxy groups -OCH3 is 1. The maximum atomic E-state index is 12.0. The quantitative estimate of drug-likeness (QED) is 0.766. The Morgan fingerprint density at radius 1 is 1.33 bits per heavy atom. The van der Waals surface area contributed by atoms with Crippen molar-refractivity contribution in [3.8, 4) is 11.4 Å². The SMILES string of the molecule is COc1cn(C)c(=O)n(-c2ccc(Br)nc2)c1=O. The van der Waals surface area contributed by atoms with Gasteiger partial charge in [-0.1, -0.05) is 0 Å². The van der Waals surface area contributed by atoms with Crippen LogP contribution >= 0.6 is 15.9 Å². The minimum absolute atomic E-state index is 0.0972. The lowest BCUT2D eigenvalue weighted by Crippen LogP contribution is -2.37. The van der Waals surface area contributed by atoms with Gasteiger partial charge in [-0.05, 0) is 28.1 Å². The summed E-state index contributed by atoms with van der Waals surface area (Å²) in [4.78, 5) is 28.0. The molecule has 0 radical (unpaired) electrons. The standard InChI is InChI=1S/C11H10BrN3O3/c1-14-6-8(18-2)10(16)15(11(14)17)7-3-4-9(12)13-5-7/h3-6H,1-2H3. The van der Waals surface area contributed by atoms with E-state index in [-0.39, 0.29) is 5.75 Å². The molecule has 6 nitrogen and oxygen atoms in total. The summed E-state index contributed by atoms with van der Waals surface area (Å²) in [6.07, 6.45) is 2.79. The van der Waals surface area contributed by atoms with Gasteiger partial charge in [-0.15, -0.1) is 0 Å². The van der Waals surface area contributed by atoms with Crippen molar-refractivity contribution < 1.29 is 4.74 Å². The fraction of sp³-hybridized carbons (Fsp3) is 0.182. The summed E-state index contributed by atoms with van der Waals surface area (Å²) in [5.74, 6) is 0.0972. The van der Waals surface area contributed by atoms with Crippen LogP contribution in [0.5, 0.6) is 5.75 Å². The van der Waals surface area contributed by atoms with E-state index in [0.29, 0.717) is 10.3 Å². The summed E-state index contributed by atoms with van der Waals surface area (Å²) in [6, 6.07) is 3.28. The summed E-state index contributed by atoms with van der Waals surface area (Å²) in [7, 11) is 2.93. The average molecular weight is 312 g/mol. The van der Waals surface area contributed by atoms with Crippen LogP contribution < -0.4 is 16.0 Å². The number of ether oxygens (including phenoxy) is 1. The first kappa shape index (κ1) is 12.6. The lowest BCUT2D eigenvalue weighted by molar-refractivity contribution is 0.398. The molecule has 2 heterocycles. The number of hydrogen-bond donors (Lipinski definition) is 0. The summed E-state index contributed by atoms with van der Waals surface area (Å²) >= 11 is 3.19. The Bertz CT molecular complexity index is 688. The van der Waals surface area contributed by atoms with E-state index in [0.717, 1.165) is 4.57 Å². The highest BCUT2D eigenvalue weighted by molar-refractivity contribution is 9.10. The first-order valence-electron chi connectivity index (χ1n) is 5.03. The van der Waals surface area contributed by atoms with Gasteiger partial charge in [0.2, 0.25) is 5.75 Å². The molecule has 0 aliphatic carbocycles. The van der Waals surface area contributed by atoms with E-state index in [2.05, 4.69) is 20.9 Å². The first-order valence-corrected chi connectivity index (χ1v) is 5.82. The zero-order valence-electron chi connectivity index (χ0n) is 9.75. The largest absolute Gasteiger partial charge is 0.490 e. The summed E-state index contributed by atoms with van der Waals surface area (Å²) < 4.78 is 7.86. The Morgan fingerprint density at radius 3 is 2.61 bits per heavy atom. The molecule has 0 amide bonds. The molecule has 0 spiro atoms. The molecule has 0 aliphatic rings. The molecule has 0 aliphatic heterocycles. The van der Waals surface area contributed by atoms with Gasteiger partial charge in [0.25, 0.3) is 0 Å².